The van der Waals surface area contributed by atoms with Gasteiger partial charge in [0.25, 0.3) is 0 Å². The van der Waals surface area contributed by atoms with Gasteiger partial charge in [0.15, 0.2) is 0 Å². The van der Waals surface area contributed by atoms with Crippen molar-refractivity contribution in [3.63, 3.8) is 0 Å². The summed E-state index contributed by atoms with van der Waals surface area (Å²) >= 11 is 0. The van der Waals surface area contributed by atoms with Gasteiger partial charge in [-0.15, -0.1) is 0 Å². The SMILES string of the molecule is CCOC(=O)Cc1cc(CO)c(O)cc1C#N. The Bertz CT molecular complexity index is 462. The van der Waals surface area contributed by atoms with E-state index in [2.05, 4.69) is 0 Å². The molecule has 1 rings (SSSR count). The predicted octanol–water partition coefficient (Wildman–Crippen LogP) is 0.862. The van der Waals surface area contributed by atoms with E-state index >= 15 is 0 Å². The van der Waals surface area contributed by atoms with Gasteiger partial charge in [-0.3, -0.25) is 4.79 Å². The molecule has 0 atom stereocenters. The average molecular weight is 235 g/mol. The van der Waals surface area contributed by atoms with Crippen molar-refractivity contribution in [2.45, 2.75) is 20.0 Å². The number of aliphatic hydroxyl groups is 1. The van der Waals surface area contributed by atoms with E-state index in [1.807, 2.05) is 6.07 Å². The third kappa shape index (κ3) is 3.20. The molecular weight excluding hydrogens is 222 g/mol. The van der Waals surface area contributed by atoms with Crippen LogP contribution in [0.25, 0.3) is 0 Å². The lowest BCUT2D eigenvalue weighted by molar-refractivity contribution is -0.142. The highest BCUT2D eigenvalue weighted by Crippen LogP contribution is 2.23. The maximum atomic E-state index is 11.3. The Morgan fingerprint density at radius 3 is 2.71 bits per heavy atom. The van der Waals surface area contributed by atoms with Crippen LogP contribution in [0.5, 0.6) is 5.75 Å². The first kappa shape index (κ1) is 13.0. The molecule has 17 heavy (non-hydrogen) atoms. The van der Waals surface area contributed by atoms with E-state index in [9.17, 15) is 9.90 Å². The molecule has 0 bridgehead atoms. The van der Waals surface area contributed by atoms with Crippen molar-refractivity contribution in [2.75, 3.05) is 6.61 Å². The number of aliphatic hydroxyl groups excluding tert-OH is 1. The van der Waals surface area contributed by atoms with Crippen LogP contribution in [-0.2, 0) is 22.6 Å². The molecule has 0 amide bonds. The molecule has 5 heteroatoms. The Hall–Kier alpha value is -2.06. The fourth-order valence-corrected chi connectivity index (χ4v) is 1.43. The maximum absolute atomic E-state index is 11.3. The second kappa shape index (κ2) is 5.87. The van der Waals surface area contributed by atoms with Gasteiger partial charge in [0.1, 0.15) is 5.75 Å². The highest BCUT2D eigenvalue weighted by atomic mass is 16.5. The third-order valence-corrected chi connectivity index (χ3v) is 2.24. The molecule has 5 nitrogen and oxygen atoms in total. The molecule has 0 saturated carbocycles. The van der Waals surface area contributed by atoms with E-state index in [-0.39, 0.29) is 36.5 Å². The number of nitrogens with zero attached hydrogens (tertiary/aromatic N) is 1. The molecule has 0 saturated heterocycles. The van der Waals surface area contributed by atoms with Crippen LogP contribution in [-0.4, -0.2) is 22.8 Å². The van der Waals surface area contributed by atoms with Gasteiger partial charge >= 0.3 is 5.97 Å². The Kier molecular flexibility index (Phi) is 4.49. The molecule has 90 valence electrons. The first-order valence-corrected chi connectivity index (χ1v) is 5.13. The van der Waals surface area contributed by atoms with E-state index in [0.717, 1.165) is 0 Å². The van der Waals surface area contributed by atoms with Gasteiger partial charge in [0, 0.05) is 5.56 Å². The van der Waals surface area contributed by atoms with Crippen molar-refractivity contribution >= 4 is 5.97 Å². The number of aromatic hydroxyl groups is 1. The van der Waals surface area contributed by atoms with Gasteiger partial charge in [-0.25, -0.2) is 0 Å². The molecule has 0 aromatic heterocycles. The van der Waals surface area contributed by atoms with Gasteiger partial charge < -0.3 is 14.9 Å². The number of esters is 1. The summed E-state index contributed by atoms with van der Waals surface area (Å²) in [6, 6.07) is 4.56. The van der Waals surface area contributed by atoms with Crippen molar-refractivity contribution < 1.29 is 19.7 Å². The smallest absolute Gasteiger partial charge is 0.310 e. The minimum Gasteiger partial charge on any atom is -0.508 e. The summed E-state index contributed by atoms with van der Waals surface area (Å²) in [6.07, 6.45) is -0.0516. The molecule has 0 heterocycles. The van der Waals surface area contributed by atoms with Crippen molar-refractivity contribution in [1.29, 1.82) is 5.26 Å². The quantitative estimate of drug-likeness (QED) is 0.755. The summed E-state index contributed by atoms with van der Waals surface area (Å²) in [5.41, 5.74) is 0.920. The van der Waals surface area contributed by atoms with Crippen LogP contribution in [0.3, 0.4) is 0 Å². The topological polar surface area (TPSA) is 90.6 Å². The van der Waals surface area contributed by atoms with E-state index < -0.39 is 5.97 Å². The minimum absolute atomic E-state index is 0.0516. The lowest BCUT2D eigenvalue weighted by Crippen LogP contribution is -2.09. The molecule has 2 N–H and O–H groups in total. The number of carbonyl (C=O) groups is 1. The minimum atomic E-state index is -0.446. The molecule has 1 aromatic carbocycles. The molecule has 0 aliphatic heterocycles. The zero-order chi connectivity index (χ0) is 12.8. The zero-order valence-corrected chi connectivity index (χ0v) is 9.43. The lowest BCUT2D eigenvalue weighted by Gasteiger charge is -2.08. The van der Waals surface area contributed by atoms with Crippen molar-refractivity contribution in [3.05, 3.63) is 28.8 Å². The first-order chi connectivity index (χ1) is 8.12. The predicted molar refractivity (Wildman–Crippen MR) is 59.1 cm³/mol. The second-order valence-corrected chi connectivity index (χ2v) is 3.39. The van der Waals surface area contributed by atoms with E-state index in [0.29, 0.717) is 5.56 Å². The van der Waals surface area contributed by atoms with Crippen LogP contribution >= 0.6 is 0 Å². The largest absolute Gasteiger partial charge is 0.508 e. The summed E-state index contributed by atoms with van der Waals surface area (Å²) < 4.78 is 4.78. The number of benzene rings is 1. The standard InChI is InChI=1S/C12H13NO4/c1-2-17-12(16)5-8-3-10(7-14)11(15)4-9(8)6-13/h3-4,14-15H,2,5,7H2,1H3. The highest BCUT2D eigenvalue weighted by Gasteiger charge is 2.12. The van der Waals surface area contributed by atoms with Crippen LogP contribution in [0.1, 0.15) is 23.6 Å². The van der Waals surface area contributed by atoms with Crippen molar-refractivity contribution in [3.8, 4) is 11.8 Å². The summed E-state index contributed by atoms with van der Waals surface area (Å²) in [5, 5.41) is 27.3. The number of nitriles is 1. The Balaban J connectivity index is 3.05. The van der Waals surface area contributed by atoms with Crippen molar-refractivity contribution in [2.24, 2.45) is 0 Å². The third-order valence-electron chi connectivity index (χ3n) is 2.24. The maximum Gasteiger partial charge on any atom is 0.310 e. The van der Waals surface area contributed by atoms with Gasteiger partial charge in [0.2, 0.25) is 0 Å². The second-order valence-electron chi connectivity index (χ2n) is 3.39. The number of carbonyl (C=O) groups excluding carboxylic acids is 1. The molecule has 0 aliphatic rings. The number of phenols is 1. The summed E-state index contributed by atoms with van der Waals surface area (Å²) in [4.78, 5) is 11.3. The number of rotatable bonds is 4. The highest BCUT2D eigenvalue weighted by molar-refractivity contribution is 5.74. The van der Waals surface area contributed by atoms with Crippen molar-refractivity contribution in [1.82, 2.24) is 0 Å². The Morgan fingerprint density at radius 1 is 1.47 bits per heavy atom. The molecule has 0 unspecified atom stereocenters. The van der Waals surface area contributed by atoms with Crippen LogP contribution in [0.4, 0.5) is 0 Å². The average Bonchev–Trinajstić information content (AvgIpc) is 2.31. The molecule has 1 aromatic rings. The summed E-state index contributed by atoms with van der Waals surface area (Å²) in [6.45, 7) is 1.61. The van der Waals surface area contributed by atoms with E-state index in [1.54, 1.807) is 6.92 Å². The van der Waals surface area contributed by atoms with Gasteiger partial charge in [-0.05, 0) is 24.6 Å². The lowest BCUT2D eigenvalue weighted by atomic mass is 10.0. The number of ether oxygens (including phenoxy) is 1. The fraction of sp³-hybridized carbons (Fsp3) is 0.333. The van der Waals surface area contributed by atoms with Crippen LogP contribution in [0, 0.1) is 11.3 Å². The van der Waals surface area contributed by atoms with Crippen LogP contribution in [0.2, 0.25) is 0 Å². The van der Waals surface area contributed by atoms with Crippen LogP contribution < -0.4 is 0 Å². The fourth-order valence-electron chi connectivity index (χ4n) is 1.43. The van der Waals surface area contributed by atoms with Gasteiger partial charge in [-0.2, -0.15) is 5.26 Å². The Morgan fingerprint density at radius 2 is 2.18 bits per heavy atom. The zero-order valence-electron chi connectivity index (χ0n) is 9.43. The molecule has 0 spiro atoms. The van der Waals surface area contributed by atoms with Crippen LogP contribution in [0.15, 0.2) is 12.1 Å². The van der Waals surface area contributed by atoms with Gasteiger partial charge in [0.05, 0.1) is 31.3 Å². The molecule has 0 fully saturated rings. The Labute approximate surface area is 98.9 Å². The molecule has 0 aliphatic carbocycles. The number of hydrogen-bond donors (Lipinski definition) is 2. The summed E-state index contributed by atoms with van der Waals surface area (Å²) in [5.74, 6) is -0.602. The first-order valence-electron chi connectivity index (χ1n) is 5.13. The van der Waals surface area contributed by atoms with Gasteiger partial charge in [-0.1, -0.05) is 0 Å². The molecule has 0 radical (unpaired) electrons. The molecular formula is C12H13NO4. The number of hydrogen-bond acceptors (Lipinski definition) is 5. The van der Waals surface area contributed by atoms with E-state index in [1.165, 1.54) is 12.1 Å². The normalized spacial score (nSPS) is 9.71. The van der Waals surface area contributed by atoms with E-state index in [4.69, 9.17) is 15.1 Å². The summed E-state index contributed by atoms with van der Waals surface area (Å²) in [7, 11) is 0. The monoisotopic (exact) mass is 235 g/mol.